The van der Waals surface area contributed by atoms with Gasteiger partial charge < -0.3 is 8.98 Å². The molecule has 2 aromatic heterocycles. The molecule has 0 saturated heterocycles. The summed E-state index contributed by atoms with van der Waals surface area (Å²) in [4.78, 5) is 24.6. The Bertz CT molecular complexity index is 1420. The van der Waals surface area contributed by atoms with E-state index in [4.69, 9.17) is 4.42 Å². The average molecular weight is 368 g/mol. The van der Waals surface area contributed by atoms with Crippen molar-refractivity contribution in [3.05, 3.63) is 91.6 Å². The number of rotatable bonds is 2. The molecule has 0 radical (unpaired) electrons. The van der Waals surface area contributed by atoms with E-state index in [9.17, 15) is 14.9 Å². The fraction of sp³-hybridized carbons (Fsp3) is 0.174. The lowest BCUT2D eigenvalue weighted by Crippen LogP contribution is -2.14. The third kappa shape index (κ3) is 2.54. The second-order valence-electron chi connectivity index (χ2n) is 7.19. The minimum atomic E-state index is -0.397. The number of hydrogen-bond donors (Lipinski definition) is 0. The van der Waals surface area contributed by atoms with E-state index in [1.807, 2.05) is 28.8 Å². The first-order valence-corrected chi connectivity index (χ1v) is 9.25. The molecule has 0 fully saturated rings. The van der Waals surface area contributed by atoms with Crippen molar-refractivity contribution in [2.24, 2.45) is 0 Å². The summed E-state index contributed by atoms with van der Waals surface area (Å²) in [6, 6.07) is 14.8. The van der Waals surface area contributed by atoms with Crippen LogP contribution in [-0.4, -0.2) is 4.57 Å². The zero-order chi connectivity index (χ0) is 19.3. The summed E-state index contributed by atoms with van der Waals surface area (Å²) in [5.41, 5.74) is 4.10. The second-order valence-corrected chi connectivity index (χ2v) is 7.19. The van der Waals surface area contributed by atoms with Crippen molar-refractivity contribution in [2.75, 3.05) is 0 Å². The van der Waals surface area contributed by atoms with Crippen LogP contribution < -0.4 is 11.1 Å². The Morgan fingerprint density at radius 3 is 2.64 bits per heavy atom. The first kappa shape index (κ1) is 16.5. The Labute approximate surface area is 160 Å². The summed E-state index contributed by atoms with van der Waals surface area (Å²) in [7, 11) is 0. The molecule has 0 saturated carbocycles. The first-order chi connectivity index (χ1) is 13.6. The quantitative estimate of drug-likeness (QED) is 0.507. The van der Waals surface area contributed by atoms with E-state index in [1.54, 1.807) is 18.3 Å². The third-order valence-corrected chi connectivity index (χ3v) is 5.49. The van der Waals surface area contributed by atoms with Crippen LogP contribution in [0.25, 0.3) is 21.9 Å². The molecule has 2 aromatic carbocycles. The van der Waals surface area contributed by atoms with Crippen molar-refractivity contribution in [2.45, 2.75) is 25.8 Å². The fourth-order valence-electron chi connectivity index (χ4n) is 4.16. The van der Waals surface area contributed by atoms with Crippen LogP contribution in [0.4, 0.5) is 0 Å². The highest BCUT2D eigenvalue weighted by molar-refractivity contribution is 5.83. The van der Waals surface area contributed by atoms with Gasteiger partial charge in [0.05, 0.1) is 5.52 Å². The largest absolute Gasteiger partial charge is 0.423 e. The number of hydrogen-bond acceptors (Lipinski definition) is 4. The number of aryl methyl sites for hydroxylation is 2. The van der Waals surface area contributed by atoms with Gasteiger partial charge in [0.15, 0.2) is 0 Å². The predicted octanol–water partition coefficient (Wildman–Crippen LogP) is 3.52. The highest BCUT2D eigenvalue weighted by atomic mass is 16.4. The molecule has 0 aliphatic heterocycles. The number of fused-ring (bicyclic) bond motifs is 3. The van der Waals surface area contributed by atoms with Gasteiger partial charge in [0, 0.05) is 29.6 Å². The van der Waals surface area contributed by atoms with Gasteiger partial charge in [0.2, 0.25) is 5.43 Å². The van der Waals surface area contributed by atoms with Gasteiger partial charge in [-0.15, -0.1) is 0 Å². The second kappa shape index (κ2) is 6.21. The number of para-hydroxylation sites is 1. The van der Waals surface area contributed by atoms with Crippen molar-refractivity contribution in [1.29, 1.82) is 5.26 Å². The number of aromatic nitrogens is 1. The van der Waals surface area contributed by atoms with E-state index in [1.165, 1.54) is 17.2 Å². The van der Waals surface area contributed by atoms with Crippen LogP contribution in [0, 0.1) is 11.3 Å². The lowest BCUT2D eigenvalue weighted by molar-refractivity contribution is 0.557. The minimum absolute atomic E-state index is 0.0897. The van der Waals surface area contributed by atoms with Gasteiger partial charge >= 0.3 is 5.63 Å². The van der Waals surface area contributed by atoms with Crippen LogP contribution in [-0.2, 0) is 19.4 Å². The smallest absolute Gasteiger partial charge is 0.336 e. The van der Waals surface area contributed by atoms with Crippen LogP contribution in [0.2, 0.25) is 0 Å². The molecule has 0 atom stereocenters. The molecule has 0 unspecified atom stereocenters. The van der Waals surface area contributed by atoms with E-state index in [0.29, 0.717) is 17.5 Å². The van der Waals surface area contributed by atoms with E-state index < -0.39 is 5.63 Å². The van der Waals surface area contributed by atoms with Crippen LogP contribution >= 0.6 is 0 Å². The van der Waals surface area contributed by atoms with Crippen molar-refractivity contribution >= 4 is 21.9 Å². The molecule has 0 spiro atoms. The van der Waals surface area contributed by atoms with Crippen molar-refractivity contribution in [1.82, 2.24) is 4.57 Å². The molecular weight excluding hydrogens is 352 g/mol. The number of nitrogens with zero attached hydrogens (tertiary/aromatic N) is 2. The number of nitriles is 1. The predicted molar refractivity (Wildman–Crippen MR) is 107 cm³/mol. The molecular formula is C23H16N2O3. The van der Waals surface area contributed by atoms with Crippen molar-refractivity contribution < 1.29 is 4.42 Å². The molecule has 5 rings (SSSR count). The Morgan fingerprint density at radius 2 is 1.82 bits per heavy atom. The van der Waals surface area contributed by atoms with Gasteiger partial charge in [0.25, 0.3) is 0 Å². The molecule has 0 N–H and O–H groups in total. The molecule has 1 aliphatic carbocycles. The van der Waals surface area contributed by atoms with Crippen molar-refractivity contribution in [3.63, 3.8) is 0 Å². The summed E-state index contributed by atoms with van der Waals surface area (Å²) in [6.45, 7) is 0.371. The summed E-state index contributed by atoms with van der Waals surface area (Å²) < 4.78 is 7.31. The van der Waals surface area contributed by atoms with E-state index in [2.05, 4.69) is 6.07 Å². The van der Waals surface area contributed by atoms with E-state index in [0.717, 1.165) is 35.7 Å². The zero-order valence-corrected chi connectivity index (χ0v) is 15.1. The maximum absolute atomic E-state index is 12.5. The molecule has 0 bridgehead atoms. The highest BCUT2D eigenvalue weighted by Gasteiger charge is 2.16. The summed E-state index contributed by atoms with van der Waals surface area (Å²) in [5.74, 6) is 0. The zero-order valence-electron chi connectivity index (χ0n) is 15.1. The molecule has 136 valence electrons. The fourth-order valence-corrected chi connectivity index (χ4v) is 4.16. The van der Waals surface area contributed by atoms with Crippen LogP contribution in [0.3, 0.4) is 0 Å². The minimum Gasteiger partial charge on any atom is -0.423 e. The van der Waals surface area contributed by atoms with E-state index in [-0.39, 0.29) is 11.0 Å². The average Bonchev–Trinajstić information content (AvgIpc) is 3.16. The van der Waals surface area contributed by atoms with Crippen LogP contribution in [0.5, 0.6) is 0 Å². The molecule has 28 heavy (non-hydrogen) atoms. The molecule has 4 aromatic rings. The molecule has 0 amide bonds. The molecule has 1 aliphatic rings. The monoisotopic (exact) mass is 368 g/mol. The van der Waals surface area contributed by atoms with Gasteiger partial charge in [-0.1, -0.05) is 12.1 Å². The summed E-state index contributed by atoms with van der Waals surface area (Å²) in [6.07, 6.45) is 4.72. The topological polar surface area (TPSA) is 76.0 Å². The maximum Gasteiger partial charge on any atom is 0.336 e. The number of pyridine rings is 1. The molecule has 2 heterocycles. The Morgan fingerprint density at radius 1 is 1.04 bits per heavy atom. The third-order valence-electron chi connectivity index (χ3n) is 5.49. The normalized spacial score (nSPS) is 13.0. The summed E-state index contributed by atoms with van der Waals surface area (Å²) >= 11 is 0. The lowest BCUT2D eigenvalue weighted by Gasteiger charge is -2.13. The van der Waals surface area contributed by atoms with Crippen LogP contribution in [0.1, 0.15) is 28.7 Å². The van der Waals surface area contributed by atoms with Gasteiger partial charge in [-0.3, -0.25) is 4.79 Å². The standard InChI is InChI=1S/C23H16N2O3/c24-11-17-13-25(20-7-2-1-6-18(20)23(17)27)12-16-10-22(26)28-21-9-15-5-3-4-14(15)8-19(16)21/h1-2,6-10,13H,3-5,12H2. The van der Waals surface area contributed by atoms with Gasteiger partial charge in [-0.2, -0.15) is 5.26 Å². The number of benzene rings is 2. The Hall–Kier alpha value is -3.65. The van der Waals surface area contributed by atoms with Crippen molar-refractivity contribution in [3.8, 4) is 6.07 Å². The highest BCUT2D eigenvalue weighted by Crippen LogP contribution is 2.29. The molecule has 5 nitrogen and oxygen atoms in total. The lowest BCUT2D eigenvalue weighted by atomic mass is 10.0. The molecule has 5 heteroatoms. The Kier molecular flexibility index (Phi) is 3.66. The van der Waals surface area contributed by atoms with Gasteiger partial charge in [0.1, 0.15) is 17.2 Å². The first-order valence-electron chi connectivity index (χ1n) is 9.25. The SMILES string of the molecule is N#Cc1cn(Cc2cc(=O)oc3cc4c(cc23)CCC4)c2ccccc2c1=O. The van der Waals surface area contributed by atoms with Gasteiger partial charge in [-0.05, 0) is 60.2 Å². The summed E-state index contributed by atoms with van der Waals surface area (Å²) in [5, 5.41) is 10.8. The van der Waals surface area contributed by atoms with Gasteiger partial charge in [-0.25, -0.2) is 4.79 Å². The van der Waals surface area contributed by atoms with E-state index >= 15 is 0 Å². The van der Waals surface area contributed by atoms with Crippen LogP contribution in [0.15, 0.2) is 62.7 Å². The Balaban J connectivity index is 1.75. The maximum atomic E-state index is 12.5.